The molecule has 0 atom stereocenters. The van der Waals surface area contributed by atoms with Crippen molar-refractivity contribution in [2.45, 2.75) is 19.3 Å². The summed E-state index contributed by atoms with van der Waals surface area (Å²) in [4.78, 5) is 12.0. The highest BCUT2D eigenvalue weighted by Gasteiger charge is 2.13. The van der Waals surface area contributed by atoms with Crippen LogP contribution in [0.5, 0.6) is 11.5 Å². The molecule has 0 saturated heterocycles. The van der Waals surface area contributed by atoms with E-state index in [4.69, 9.17) is 13.9 Å². The van der Waals surface area contributed by atoms with Gasteiger partial charge >= 0.3 is 0 Å². The number of aromatic nitrogens is 2. The van der Waals surface area contributed by atoms with Gasteiger partial charge in [0.2, 0.25) is 11.8 Å². The Balaban J connectivity index is 1.44. The van der Waals surface area contributed by atoms with Gasteiger partial charge in [-0.05, 0) is 36.2 Å². The van der Waals surface area contributed by atoms with E-state index in [9.17, 15) is 4.79 Å². The summed E-state index contributed by atoms with van der Waals surface area (Å²) in [6.07, 6.45) is 1.56. The Hall–Kier alpha value is -3.35. The molecule has 0 saturated carbocycles. The number of nitrogens with one attached hydrogen (secondary N) is 1. The predicted octanol–water partition coefficient (Wildman–Crippen LogP) is 3.05. The quantitative estimate of drug-likeness (QED) is 0.613. The van der Waals surface area contributed by atoms with Crippen molar-refractivity contribution < 1.29 is 18.7 Å². The van der Waals surface area contributed by atoms with Crippen molar-refractivity contribution in [3.8, 4) is 23.0 Å². The van der Waals surface area contributed by atoms with E-state index in [1.165, 1.54) is 0 Å². The van der Waals surface area contributed by atoms with E-state index in [2.05, 4.69) is 15.5 Å². The lowest BCUT2D eigenvalue weighted by Gasteiger charge is -2.05. The zero-order valence-corrected chi connectivity index (χ0v) is 16.0. The van der Waals surface area contributed by atoms with Gasteiger partial charge in [-0.25, -0.2) is 0 Å². The molecule has 0 unspecified atom stereocenters. The van der Waals surface area contributed by atoms with Crippen LogP contribution in [0.4, 0.5) is 0 Å². The first kappa shape index (κ1) is 19.4. The lowest BCUT2D eigenvalue weighted by Crippen LogP contribution is -2.25. The Morgan fingerprint density at radius 3 is 2.54 bits per heavy atom. The third kappa shape index (κ3) is 5.09. The Morgan fingerprint density at radius 1 is 1.00 bits per heavy atom. The second-order valence-electron chi connectivity index (χ2n) is 6.15. The van der Waals surface area contributed by atoms with E-state index in [0.29, 0.717) is 43.3 Å². The van der Waals surface area contributed by atoms with Crippen LogP contribution < -0.4 is 14.8 Å². The molecule has 3 aromatic rings. The summed E-state index contributed by atoms with van der Waals surface area (Å²) in [6, 6.07) is 15.2. The number of hydrogen-bond acceptors (Lipinski definition) is 6. The van der Waals surface area contributed by atoms with Gasteiger partial charge in [0.15, 0.2) is 0 Å². The second-order valence-corrected chi connectivity index (χ2v) is 6.15. The number of methoxy groups -OCH3 is 2. The third-order valence-corrected chi connectivity index (χ3v) is 4.27. The zero-order valence-electron chi connectivity index (χ0n) is 16.0. The molecule has 7 heteroatoms. The molecule has 0 fully saturated rings. The van der Waals surface area contributed by atoms with E-state index in [1.54, 1.807) is 14.2 Å². The summed E-state index contributed by atoms with van der Waals surface area (Å²) in [5, 5.41) is 11.0. The number of nitrogens with zero attached hydrogens (tertiary/aromatic N) is 2. The Morgan fingerprint density at radius 2 is 1.79 bits per heavy atom. The fraction of sp³-hybridized carbons (Fsp3) is 0.286. The van der Waals surface area contributed by atoms with Crippen molar-refractivity contribution in [3.63, 3.8) is 0 Å². The molecule has 0 aliphatic carbocycles. The van der Waals surface area contributed by atoms with Crippen LogP contribution in [-0.2, 0) is 17.6 Å². The number of amides is 1. The Labute approximate surface area is 163 Å². The SMILES string of the molecule is COc1ccc(CCC(=O)NCCc2nnc(-c3ccccc3OC)o2)cc1. The van der Waals surface area contributed by atoms with Crippen molar-refractivity contribution in [1.29, 1.82) is 0 Å². The number of para-hydroxylation sites is 1. The summed E-state index contributed by atoms with van der Waals surface area (Å²) in [5.41, 5.74) is 1.83. The van der Waals surface area contributed by atoms with Gasteiger partial charge in [0, 0.05) is 19.4 Å². The van der Waals surface area contributed by atoms with E-state index in [0.717, 1.165) is 16.9 Å². The van der Waals surface area contributed by atoms with Gasteiger partial charge in [-0.3, -0.25) is 4.79 Å². The molecule has 0 bridgehead atoms. The average molecular weight is 381 g/mol. The molecule has 146 valence electrons. The maximum absolute atomic E-state index is 12.0. The smallest absolute Gasteiger partial charge is 0.251 e. The monoisotopic (exact) mass is 381 g/mol. The van der Waals surface area contributed by atoms with Crippen LogP contribution in [0.1, 0.15) is 17.9 Å². The molecular weight excluding hydrogens is 358 g/mol. The molecule has 1 N–H and O–H groups in total. The van der Waals surface area contributed by atoms with Crippen LogP contribution in [-0.4, -0.2) is 36.9 Å². The van der Waals surface area contributed by atoms with Crippen LogP contribution in [0.3, 0.4) is 0 Å². The summed E-state index contributed by atoms with van der Waals surface area (Å²) in [5.74, 6) is 2.33. The van der Waals surface area contributed by atoms with Crippen LogP contribution >= 0.6 is 0 Å². The first-order valence-electron chi connectivity index (χ1n) is 9.05. The van der Waals surface area contributed by atoms with Crippen LogP contribution in [0.2, 0.25) is 0 Å². The molecule has 7 nitrogen and oxygen atoms in total. The van der Waals surface area contributed by atoms with Gasteiger partial charge in [0.1, 0.15) is 11.5 Å². The fourth-order valence-corrected chi connectivity index (χ4v) is 2.73. The number of aryl methyl sites for hydroxylation is 1. The molecule has 28 heavy (non-hydrogen) atoms. The average Bonchev–Trinajstić information content (AvgIpc) is 3.21. The predicted molar refractivity (Wildman–Crippen MR) is 104 cm³/mol. The largest absolute Gasteiger partial charge is 0.497 e. The van der Waals surface area contributed by atoms with E-state index in [1.807, 2.05) is 48.5 Å². The van der Waals surface area contributed by atoms with Gasteiger partial charge in [-0.1, -0.05) is 24.3 Å². The minimum atomic E-state index is -0.0136. The standard InChI is InChI=1S/C21H23N3O4/c1-26-16-10-7-15(8-11-16)9-12-19(25)22-14-13-20-23-24-21(28-20)17-5-3-4-6-18(17)27-2/h3-8,10-11H,9,12-14H2,1-2H3,(H,22,25). The highest BCUT2D eigenvalue weighted by atomic mass is 16.5. The van der Waals surface area contributed by atoms with E-state index >= 15 is 0 Å². The number of rotatable bonds is 9. The highest BCUT2D eigenvalue weighted by molar-refractivity contribution is 5.76. The van der Waals surface area contributed by atoms with Crippen LogP contribution in [0, 0.1) is 0 Å². The third-order valence-electron chi connectivity index (χ3n) is 4.27. The van der Waals surface area contributed by atoms with Crippen LogP contribution in [0.25, 0.3) is 11.5 Å². The summed E-state index contributed by atoms with van der Waals surface area (Å²) in [6.45, 7) is 0.439. The topological polar surface area (TPSA) is 86.5 Å². The maximum Gasteiger partial charge on any atom is 0.251 e. The number of ether oxygens (including phenoxy) is 2. The molecule has 0 aliphatic rings. The van der Waals surface area contributed by atoms with Gasteiger partial charge in [0.25, 0.3) is 5.89 Å². The van der Waals surface area contributed by atoms with Crippen LogP contribution in [0.15, 0.2) is 52.9 Å². The lowest BCUT2D eigenvalue weighted by molar-refractivity contribution is -0.121. The number of carbonyl (C=O) groups is 1. The van der Waals surface area contributed by atoms with E-state index in [-0.39, 0.29) is 5.91 Å². The normalized spacial score (nSPS) is 10.5. The minimum Gasteiger partial charge on any atom is -0.497 e. The molecule has 0 aliphatic heterocycles. The minimum absolute atomic E-state index is 0.0136. The highest BCUT2D eigenvalue weighted by Crippen LogP contribution is 2.28. The molecule has 1 heterocycles. The van der Waals surface area contributed by atoms with Gasteiger partial charge in [0.05, 0.1) is 19.8 Å². The lowest BCUT2D eigenvalue weighted by atomic mass is 10.1. The Kier molecular flexibility index (Phi) is 6.62. The number of benzene rings is 2. The summed E-state index contributed by atoms with van der Waals surface area (Å²) < 4.78 is 16.1. The fourth-order valence-electron chi connectivity index (χ4n) is 2.73. The van der Waals surface area contributed by atoms with E-state index < -0.39 is 0 Å². The van der Waals surface area contributed by atoms with Crippen molar-refractivity contribution in [2.24, 2.45) is 0 Å². The molecule has 2 aromatic carbocycles. The zero-order chi connectivity index (χ0) is 19.8. The molecular formula is C21H23N3O4. The number of carbonyl (C=O) groups excluding carboxylic acids is 1. The summed E-state index contributed by atoms with van der Waals surface area (Å²) >= 11 is 0. The van der Waals surface area contributed by atoms with Crippen molar-refractivity contribution >= 4 is 5.91 Å². The first-order chi connectivity index (χ1) is 13.7. The number of hydrogen-bond donors (Lipinski definition) is 1. The molecule has 1 amide bonds. The summed E-state index contributed by atoms with van der Waals surface area (Å²) in [7, 11) is 3.22. The molecule has 3 rings (SSSR count). The second kappa shape index (κ2) is 9.55. The maximum atomic E-state index is 12.0. The molecule has 0 spiro atoms. The molecule has 0 radical (unpaired) electrons. The molecule has 1 aromatic heterocycles. The Bertz CT molecular complexity index is 906. The van der Waals surface area contributed by atoms with Crippen molar-refractivity contribution in [3.05, 3.63) is 60.0 Å². The van der Waals surface area contributed by atoms with Crippen molar-refractivity contribution in [1.82, 2.24) is 15.5 Å². The van der Waals surface area contributed by atoms with Gasteiger partial charge < -0.3 is 19.2 Å². The van der Waals surface area contributed by atoms with Crippen molar-refractivity contribution in [2.75, 3.05) is 20.8 Å². The van der Waals surface area contributed by atoms with Gasteiger partial charge in [-0.15, -0.1) is 10.2 Å². The van der Waals surface area contributed by atoms with Gasteiger partial charge in [-0.2, -0.15) is 0 Å². The first-order valence-corrected chi connectivity index (χ1v) is 9.05.